The topological polar surface area (TPSA) is 55.6 Å². The van der Waals surface area contributed by atoms with Gasteiger partial charge in [-0.2, -0.15) is 0 Å². The van der Waals surface area contributed by atoms with Gasteiger partial charge in [-0.15, -0.1) is 0 Å². The van der Waals surface area contributed by atoms with Crippen LogP contribution in [0.5, 0.6) is 5.75 Å². The van der Waals surface area contributed by atoms with Gasteiger partial charge in [-0.1, -0.05) is 39.9 Å². The lowest BCUT2D eigenvalue weighted by molar-refractivity contribution is 0.0952. The minimum Gasteiger partial charge on any atom is -0.481 e. The highest BCUT2D eigenvalue weighted by Gasteiger charge is 2.15. The van der Waals surface area contributed by atoms with Crippen molar-refractivity contribution in [3.63, 3.8) is 0 Å². The number of fused-ring (bicyclic) bond motifs is 1. The number of carbonyl (C=O) groups excluding carboxylic acids is 1. The predicted molar refractivity (Wildman–Crippen MR) is 99.7 cm³/mol. The molecule has 0 aliphatic rings. The number of carbonyl (C=O) groups is 1. The van der Waals surface area contributed by atoms with Crippen molar-refractivity contribution in [2.75, 3.05) is 13.2 Å². The molecule has 0 bridgehead atoms. The predicted octanol–water partition coefficient (Wildman–Crippen LogP) is 3.22. The first-order chi connectivity index (χ1) is 12.1. The number of amides is 1. The standard InChI is InChI=1S/C19H16BrN3O2/c1-14-18(23-11-4-2-9-17(23)22-14)19(24)21-10-3-5-12-25-16-8-6-7-15(20)13-16/h2,4,6-9,11,13H,10,12H2,1H3,(H,21,24). The zero-order chi connectivity index (χ0) is 17.6. The maximum Gasteiger partial charge on any atom is 0.270 e. The van der Waals surface area contributed by atoms with Gasteiger partial charge in [0, 0.05) is 10.7 Å². The van der Waals surface area contributed by atoms with E-state index in [4.69, 9.17) is 4.74 Å². The number of aryl methyl sites for hydroxylation is 1. The molecule has 1 aromatic carbocycles. The van der Waals surface area contributed by atoms with E-state index in [1.165, 1.54) is 0 Å². The fraction of sp³-hybridized carbons (Fsp3) is 0.158. The van der Waals surface area contributed by atoms with E-state index < -0.39 is 0 Å². The van der Waals surface area contributed by atoms with Crippen molar-refractivity contribution in [3.05, 3.63) is 64.5 Å². The van der Waals surface area contributed by atoms with Gasteiger partial charge in [0.05, 0.1) is 12.2 Å². The van der Waals surface area contributed by atoms with Gasteiger partial charge >= 0.3 is 0 Å². The van der Waals surface area contributed by atoms with Crippen LogP contribution in [0.3, 0.4) is 0 Å². The Balaban J connectivity index is 1.54. The average molecular weight is 398 g/mol. The molecule has 25 heavy (non-hydrogen) atoms. The van der Waals surface area contributed by atoms with E-state index >= 15 is 0 Å². The monoisotopic (exact) mass is 397 g/mol. The Morgan fingerprint density at radius 1 is 1.28 bits per heavy atom. The first-order valence-corrected chi connectivity index (χ1v) is 8.50. The number of halogens is 1. The molecule has 1 N–H and O–H groups in total. The molecular weight excluding hydrogens is 382 g/mol. The summed E-state index contributed by atoms with van der Waals surface area (Å²) < 4.78 is 8.24. The molecule has 3 aromatic rings. The number of imidazole rings is 1. The van der Waals surface area contributed by atoms with E-state index in [1.807, 2.05) is 55.6 Å². The molecule has 6 heteroatoms. The quantitative estimate of drug-likeness (QED) is 0.687. The summed E-state index contributed by atoms with van der Waals surface area (Å²) in [5.41, 5.74) is 1.97. The van der Waals surface area contributed by atoms with Crippen molar-refractivity contribution in [1.82, 2.24) is 14.7 Å². The van der Waals surface area contributed by atoms with E-state index in [2.05, 4.69) is 38.1 Å². The Bertz CT molecular complexity index is 969. The summed E-state index contributed by atoms with van der Waals surface area (Å²) in [4.78, 5) is 16.7. The molecule has 126 valence electrons. The summed E-state index contributed by atoms with van der Waals surface area (Å²) >= 11 is 3.38. The molecule has 0 spiro atoms. The van der Waals surface area contributed by atoms with Crippen molar-refractivity contribution in [3.8, 4) is 17.6 Å². The van der Waals surface area contributed by atoms with Crippen molar-refractivity contribution < 1.29 is 9.53 Å². The molecule has 2 aromatic heterocycles. The Labute approximate surface area is 154 Å². The van der Waals surface area contributed by atoms with Gasteiger partial charge in [0.15, 0.2) is 0 Å². The second-order valence-corrected chi connectivity index (χ2v) is 6.17. The molecule has 0 aliphatic carbocycles. The minimum atomic E-state index is -0.196. The smallest absolute Gasteiger partial charge is 0.270 e. The summed E-state index contributed by atoms with van der Waals surface area (Å²) in [6, 6.07) is 13.2. The first kappa shape index (κ1) is 17.1. The van der Waals surface area contributed by atoms with Crippen LogP contribution in [-0.2, 0) is 0 Å². The molecular formula is C19H16BrN3O2. The van der Waals surface area contributed by atoms with Gasteiger partial charge in [0.1, 0.15) is 23.7 Å². The second kappa shape index (κ2) is 7.86. The molecule has 0 saturated heterocycles. The zero-order valence-electron chi connectivity index (χ0n) is 13.6. The summed E-state index contributed by atoms with van der Waals surface area (Å²) in [6.07, 6.45) is 1.82. The van der Waals surface area contributed by atoms with Gasteiger partial charge in [-0.05, 0) is 37.3 Å². The lowest BCUT2D eigenvalue weighted by Gasteiger charge is -2.03. The Morgan fingerprint density at radius 3 is 3.00 bits per heavy atom. The molecule has 0 radical (unpaired) electrons. The number of rotatable bonds is 4. The first-order valence-electron chi connectivity index (χ1n) is 7.71. The Hall–Kier alpha value is -2.78. The van der Waals surface area contributed by atoms with Crippen LogP contribution in [0, 0.1) is 18.8 Å². The SMILES string of the molecule is Cc1nc2ccccn2c1C(=O)NCC#CCOc1cccc(Br)c1. The molecule has 2 heterocycles. The lowest BCUT2D eigenvalue weighted by Crippen LogP contribution is -2.25. The van der Waals surface area contributed by atoms with Gasteiger partial charge < -0.3 is 10.1 Å². The van der Waals surface area contributed by atoms with Crippen LogP contribution < -0.4 is 10.1 Å². The Morgan fingerprint density at radius 2 is 2.16 bits per heavy atom. The maximum absolute atomic E-state index is 12.4. The largest absolute Gasteiger partial charge is 0.481 e. The van der Waals surface area contributed by atoms with E-state index in [1.54, 1.807) is 4.40 Å². The number of hydrogen-bond acceptors (Lipinski definition) is 3. The third-order valence-electron chi connectivity index (χ3n) is 3.49. The van der Waals surface area contributed by atoms with Gasteiger partial charge in [-0.3, -0.25) is 9.20 Å². The molecule has 0 atom stereocenters. The maximum atomic E-state index is 12.4. The molecule has 5 nitrogen and oxygen atoms in total. The van der Waals surface area contributed by atoms with E-state index in [0.29, 0.717) is 11.4 Å². The third-order valence-corrected chi connectivity index (χ3v) is 3.98. The van der Waals surface area contributed by atoms with Crippen LogP contribution in [-0.4, -0.2) is 28.4 Å². The number of ether oxygens (including phenoxy) is 1. The van der Waals surface area contributed by atoms with Gasteiger partial charge in [0.2, 0.25) is 0 Å². The highest BCUT2D eigenvalue weighted by atomic mass is 79.9. The van der Waals surface area contributed by atoms with E-state index in [0.717, 1.165) is 15.9 Å². The molecule has 0 unspecified atom stereocenters. The summed E-state index contributed by atoms with van der Waals surface area (Å²) in [7, 11) is 0. The normalized spacial score (nSPS) is 10.2. The second-order valence-electron chi connectivity index (χ2n) is 5.26. The van der Waals surface area contributed by atoms with Crippen LogP contribution >= 0.6 is 15.9 Å². The fourth-order valence-electron chi connectivity index (χ4n) is 2.38. The number of hydrogen-bond donors (Lipinski definition) is 1. The zero-order valence-corrected chi connectivity index (χ0v) is 15.2. The summed E-state index contributed by atoms with van der Waals surface area (Å²) in [5, 5.41) is 2.79. The van der Waals surface area contributed by atoms with Crippen LogP contribution in [0.1, 0.15) is 16.2 Å². The Kier molecular flexibility index (Phi) is 5.36. The van der Waals surface area contributed by atoms with Crippen molar-refractivity contribution in [1.29, 1.82) is 0 Å². The summed E-state index contributed by atoms with van der Waals surface area (Å²) in [6.45, 7) is 2.33. The van der Waals surface area contributed by atoms with Gasteiger partial charge in [0.25, 0.3) is 5.91 Å². The molecule has 0 fully saturated rings. The van der Waals surface area contributed by atoms with E-state index in [9.17, 15) is 4.79 Å². The van der Waals surface area contributed by atoms with Crippen LogP contribution in [0.15, 0.2) is 53.1 Å². The van der Waals surface area contributed by atoms with Crippen LogP contribution in [0.25, 0.3) is 5.65 Å². The number of nitrogens with one attached hydrogen (secondary N) is 1. The van der Waals surface area contributed by atoms with Crippen molar-refractivity contribution >= 4 is 27.5 Å². The fourth-order valence-corrected chi connectivity index (χ4v) is 2.76. The third kappa shape index (κ3) is 4.20. The number of aromatic nitrogens is 2. The number of pyridine rings is 1. The van der Waals surface area contributed by atoms with E-state index in [-0.39, 0.29) is 19.1 Å². The van der Waals surface area contributed by atoms with Crippen molar-refractivity contribution in [2.24, 2.45) is 0 Å². The number of nitrogens with zero attached hydrogens (tertiary/aromatic N) is 2. The van der Waals surface area contributed by atoms with Gasteiger partial charge in [-0.25, -0.2) is 4.98 Å². The molecule has 0 aliphatic heterocycles. The average Bonchev–Trinajstić information content (AvgIpc) is 2.93. The molecule has 3 rings (SSSR count). The highest BCUT2D eigenvalue weighted by molar-refractivity contribution is 9.10. The summed E-state index contributed by atoms with van der Waals surface area (Å²) in [5.74, 6) is 6.31. The molecule has 1 amide bonds. The number of benzene rings is 1. The highest BCUT2D eigenvalue weighted by Crippen LogP contribution is 2.17. The molecule has 0 saturated carbocycles. The lowest BCUT2D eigenvalue weighted by atomic mass is 10.3. The van der Waals surface area contributed by atoms with Crippen LogP contribution in [0.4, 0.5) is 0 Å². The van der Waals surface area contributed by atoms with Crippen molar-refractivity contribution in [2.45, 2.75) is 6.92 Å². The van der Waals surface area contributed by atoms with Crippen LogP contribution in [0.2, 0.25) is 0 Å². The minimum absolute atomic E-state index is 0.196.